The average Bonchev–Trinajstić information content (AvgIpc) is 2.86. The first kappa shape index (κ1) is 35.3. The van der Waals surface area contributed by atoms with Gasteiger partial charge in [0.2, 0.25) is 0 Å². The fraction of sp³-hybridized carbons (Fsp3) is 0.793. The molecule has 0 aromatic heterocycles. The van der Waals surface area contributed by atoms with Crippen molar-refractivity contribution in [2.24, 2.45) is 22.7 Å². The van der Waals surface area contributed by atoms with E-state index in [1.165, 1.54) is 14.2 Å². The third-order valence-corrected chi connectivity index (χ3v) is 7.00. The Bertz CT molecular complexity index is 723. The number of carbonyl (C=O) groups is 2. The van der Waals surface area contributed by atoms with E-state index in [1.807, 2.05) is 39.8 Å². The molecule has 0 aliphatic heterocycles. The number of hydrogen-bond acceptors (Lipinski definition) is 8. The van der Waals surface area contributed by atoms with Crippen molar-refractivity contribution in [3.05, 3.63) is 23.3 Å². The molecule has 216 valence electrons. The number of carbonyl (C=O) groups excluding carboxylic acids is 2. The van der Waals surface area contributed by atoms with Crippen LogP contribution in [0.5, 0.6) is 0 Å². The lowest BCUT2D eigenvalue weighted by molar-refractivity contribution is -0.306. The molecule has 0 aromatic rings. The van der Waals surface area contributed by atoms with E-state index in [-0.39, 0.29) is 34.6 Å². The van der Waals surface area contributed by atoms with Gasteiger partial charge in [0.25, 0.3) is 0 Å². The fourth-order valence-corrected chi connectivity index (χ4v) is 4.53. The van der Waals surface area contributed by atoms with E-state index in [9.17, 15) is 9.59 Å². The maximum absolute atomic E-state index is 12.4. The molecule has 0 rings (SSSR count). The largest absolute Gasteiger partial charge is 0.466 e. The summed E-state index contributed by atoms with van der Waals surface area (Å²) in [5, 5.41) is 0. The number of hydrogen-bond donors (Lipinski definition) is 0. The van der Waals surface area contributed by atoms with Crippen molar-refractivity contribution in [3.8, 4) is 0 Å². The van der Waals surface area contributed by atoms with Crippen LogP contribution in [0, 0.1) is 22.7 Å². The van der Waals surface area contributed by atoms with Gasteiger partial charge in [-0.2, -0.15) is 0 Å². The van der Waals surface area contributed by atoms with Gasteiger partial charge in [0.05, 0.1) is 40.6 Å². The molecule has 0 saturated carbocycles. The minimum Gasteiger partial charge on any atom is -0.466 e. The quantitative estimate of drug-likeness (QED) is 0.0590. The van der Waals surface area contributed by atoms with E-state index >= 15 is 0 Å². The van der Waals surface area contributed by atoms with Gasteiger partial charge in [0.15, 0.2) is 0 Å². The molecule has 37 heavy (non-hydrogen) atoms. The summed E-state index contributed by atoms with van der Waals surface area (Å²) in [5.41, 5.74) is 0.756. The van der Waals surface area contributed by atoms with Crippen LogP contribution in [0.3, 0.4) is 0 Å². The van der Waals surface area contributed by atoms with Crippen molar-refractivity contribution < 1.29 is 38.6 Å². The molecular formula is C29H52O8. The van der Waals surface area contributed by atoms with Gasteiger partial charge in [-0.25, -0.2) is 29.1 Å². The van der Waals surface area contributed by atoms with Gasteiger partial charge in [0, 0.05) is 11.1 Å². The summed E-state index contributed by atoms with van der Waals surface area (Å²) in [6.07, 6.45) is 7.19. The first-order valence-electron chi connectivity index (χ1n) is 13.4. The second kappa shape index (κ2) is 18.5. The van der Waals surface area contributed by atoms with Crippen LogP contribution in [0.15, 0.2) is 23.3 Å². The average molecular weight is 529 g/mol. The van der Waals surface area contributed by atoms with Gasteiger partial charge in [0.1, 0.15) is 0 Å². The van der Waals surface area contributed by atoms with E-state index < -0.39 is 0 Å². The maximum atomic E-state index is 12.4. The smallest absolute Gasteiger partial charge is 0.333 e. The molecule has 0 fully saturated rings. The SMILES string of the molecule is C/C=C(\CC(C)(C)C(CCC(COOCC)C(C)(C)C/C(=C\CC)C(=O)OC)COOCC)C(=O)OC. The molecule has 0 saturated heterocycles. The van der Waals surface area contributed by atoms with Gasteiger partial charge in [-0.3, -0.25) is 0 Å². The number of esters is 2. The Balaban J connectivity index is 5.90. The van der Waals surface area contributed by atoms with Gasteiger partial charge < -0.3 is 9.47 Å². The fourth-order valence-electron chi connectivity index (χ4n) is 4.53. The van der Waals surface area contributed by atoms with Gasteiger partial charge in [-0.05, 0) is 75.5 Å². The zero-order chi connectivity index (χ0) is 28.5. The molecule has 0 spiro atoms. The summed E-state index contributed by atoms with van der Waals surface area (Å²) in [7, 11) is 2.81. The number of methoxy groups -OCH3 is 2. The van der Waals surface area contributed by atoms with E-state index in [2.05, 4.69) is 27.7 Å². The molecule has 0 aliphatic carbocycles. The highest BCUT2D eigenvalue weighted by Gasteiger charge is 2.37. The van der Waals surface area contributed by atoms with E-state index in [0.29, 0.717) is 50.4 Å². The Morgan fingerprint density at radius 1 is 0.703 bits per heavy atom. The van der Waals surface area contributed by atoms with Crippen molar-refractivity contribution in [1.29, 1.82) is 0 Å². The van der Waals surface area contributed by atoms with Crippen molar-refractivity contribution >= 4 is 11.9 Å². The standard InChI is InChI=1S/C29H52O8/c1-11-15-23(27(31)33-10)19-29(7,8)25(21-37-35-14-4)17-16-24(20-36-34-13-3)28(5,6)18-22(12-2)26(30)32-9/h12,15,24-25H,11,13-14,16-21H2,1-10H3/b22-12+,23-15+. The summed E-state index contributed by atoms with van der Waals surface area (Å²) < 4.78 is 10.0. The first-order valence-corrected chi connectivity index (χ1v) is 13.4. The maximum Gasteiger partial charge on any atom is 0.333 e. The van der Waals surface area contributed by atoms with Crippen LogP contribution >= 0.6 is 0 Å². The third-order valence-electron chi connectivity index (χ3n) is 7.00. The minimum absolute atomic E-state index is 0.0790. The lowest BCUT2D eigenvalue weighted by Crippen LogP contribution is -2.34. The second-order valence-electron chi connectivity index (χ2n) is 10.6. The topological polar surface area (TPSA) is 89.5 Å². The van der Waals surface area contributed by atoms with Crippen LogP contribution < -0.4 is 0 Å². The first-order chi connectivity index (χ1) is 17.4. The summed E-state index contributed by atoms with van der Waals surface area (Å²) in [4.78, 5) is 46.2. The monoisotopic (exact) mass is 528 g/mol. The van der Waals surface area contributed by atoms with Crippen molar-refractivity contribution in [2.75, 3.05) is 40.6 Å². The van der Waals surface area contributed by atoms with Crippen LogP contribution in [-0.2, 0) is 38.6 Å². The summed E-state index contributed by atoms with van der Waals surface area (Å²) in [5.74, 6) is -0.459. The lowest BCUT2D eigenvalue weighted by Gasteiger charge is -2.38. The third kappa shape index (κ3) is 13.1. The van der Waals surface area contributed by atoms with Crippen LogP contribution in [0.2, 0.25) is 0 Å². The van der Waals surface area contributed by atoms with E-state index in [0.717, 1.165) is 19.3 Å². The van der Waals surface area contributed by atoms with Crippen molar-refractivity contribution in [3.63, 3.8) is 0 Å². The highest BCUT2D eigenvalue weighted by molar-refractivity contribution is 5.88. The normalized spacial score (nSPS) is 14.9. The van der Waals surface area contributed by atoms with E-state index in [1.54, 1.807) is 0 Å². The van der Waals surface area contributed by atoms with Gasteiger partial charge in [-0.1, -0.05) is 46.8 Å². The molecule has 2 unspecified atom stereocenters. The number of rotatable bonds is 20. The second-order valence-corrected chi connectivity index (χ2v) is 10.6. The molecule has 0 radical (unpaired) electrons. The lowest BCUT2D eigenvalue weighted by atomic mass is 9.68. The zero-order valence-electron chi connectivity index (χ0n) is 24.9. The molecule has 0 N–H and O–H groups in total. The van der Waals surface area contributed by atoms with Crippen molar-refractivity contribution in [2.45, 2.75) is 87.5 Å². The predicted molar refractivity (Wildman–Crippen MR) is 144 cm³/mol. The highest BCUT2D eigenvalue weighted by atomic mass is 17.2. The molecule has 0 bridgehead atoms. The summed E-state index contributed by atoms with van der Waals surface area (Å²) in [6.45, 7) is 17.9. The highest BCUT2D eigenvalue weighted by Crippen LogP contribution is 2.42. The molecule has 0 amide bonds. The molecule has 8 heteroatoms. The minimum atomic E-state index is -0.317. The summed E-state index contributed by atoms with van der Waals surface area (Å²) >= 11 is 0. The summed E-state index contributed by atoms with van der Waals surface area (Å²) in [6, 6.07) is 0. The Morgan fingerprint density at radius 3 is 1.46 bits per heavy atom. The number of allylic oxidation sites excluding steroid dienone is 2. The molecular weight excluding hydrogens is 476 g/mol. The molecule has 0 aliphatic rings. The van der Waals surface area contributed by atoms with Gasteiger partial charge >= 0.3 is 11.9 Å². The Morgan fingerprint density at radius 2 is 1.11 bits per heavy atom. The Labute approximate surface area is 224 Å². The Hall–Kier alpha value is -1.74. The predicted octanol–water partition coefficient (Wildman–Crippen LogP) is 6.40. The molecule has 2 atom stereocenters. The Kier molecular flexibility index (Phi) is 17.6. The van der Waals surface area contributed by atoms with Crippen LogP contribution in [0.1, 0.15) is 87.5 Å². The van der Waals surface area contributed by atoms with Crippen LogP contribution in [-0.4, -0.2) is 52.6 Å². The molecule has 0 aromatic carbocycles. The van der Waals surface area contributed by atoms with E-state index in [4.69, 9.17) is 29.0 Å². The molecule has 8 nitrogen and oxygen atoms in total. The van der Waals surface area contributed by atoms with Crippen LogP contribution in [0.25, 0.3) is 0 Å². The molecule has 0 heterocycles. The van der Waals surface area contributed by atoms with Crippen LogP contribution in [0.4, 0.5) is 0 Å². The zero-order valence-corrected chi connectivity index (χ0v) is 24.9. The number of ether oxygens (including phenoxy) is 2. The van der Waals surface area contributed by atoms with Gasteiger partial charge in [-0.15, -0.1) is 0 Å². The van der Waals surface area contributed by atoms with Crippen molar-refractivity contribution in [1.82, 2.24) is 0 Å².